The van der Waals surface area contributed by atoms with Gasteiger partial charge in [-0.1, -0.05) is 6.92 Å². The number of carbonyl (C=O) groups is 1. The molecule has 0 radical (unpaired) electrons. The first-order valence-electron chi connectivity index (χ1n) is 8.67. The van der Waals surface area contributed by atoms with E-state index in [9.17, 15) is 22.7 Å². The maximum Gasteiger partial charge on any atom is 0.337 e. The number of aromatic carboxylic acids is 1. The molecule has 1 aliphatic rings. The zero-order valence-electron chi connectivity index (χ0n) is 14.9. The molecule has 0 amide bonds. The first-order chi connectivity index (χ1) is 12.8. The molecular formula is C19H21FN2O4S. The predicted molar refractivity (Wildman–Crippen MR) is 101 cm³/mol. The maximum atomic E-state index is 13.0. The van der Waals surface area contributed by atoms with Gasteiger partial charge >= 0.3 is 5.97 Å². The summed E-state index contributed by atoms with van der Waals surface area (Å²) in [7, 11) is -3.94. The maximum absolute atomic E-state index is 13.0. The van der Waals surface area contributed by atoms with Crippen molar-refractivity contribution < 1.29 is 22.7 Å². The van der Waals surface area contributed by atoms with E-state index in [1.807, 2.05) is 4.90 Å². The molecule has 8 heteroatoms. The Morgan fingerprint density at radius 3 is 2.37 bits per heavy atom. The van der Waals surface area contributed by atoms with Crippen molar-refractivity contribution in [1.82, 2.24) is 0 Å². The molecule has 0 atom stereocenters. The van der Waals surface area contributed by atoms with Crippen LogP contribution in [0.5, 0.6) is 0 Å². The third-order valence-corrected chi connectivity index (χ3v) is 6.12. The Balaban J connectivity index is 1.87. The van der Waals surface area contributed by atoms with Crippen LogP contribution in [0.2, 0.25) is 0 Å². The van der Waals surface area contributed by atoms with Gasteiger partial charge in [0.15, 0.2) is 0 Å². The van der Waals surface area contributed by atoms with Crippen LogP contribution in [0.1, 0.15) is 30.1 Å². The van der Waals surface area contributed by atoms with Gasteiger partial charge in [-0.25, -0.2) is 17.6 Å². The van der Waals surface area contributed by atoms with Gasteiger partial charge in [0.05, 0.1) is 16.1 Å². The highest BCUT2D eigenvalue weighted by molar-refractivity contribution is 7.92. The summed E-state index contributed by atoms with van der Waals surface area (Å²) in [4.78, 5) is 13.6. The molecule has 0 bridgehead atoms. The fourth-order valence-electron chi connectivity index (χ4n) is 3.12. The van der Waals surface area contributed by atoms with Gasteiger partial charge in [-0.3, -0.25) is 4.72 Å². The van der Waals surface area contributed by atoms with Crippen molar-refractivity contribution in [3.8, 4) is 0 Å². The second-order valence-electron chi connectivity index (χ2n) is 6.77. The Hall–Kier alpha value is -2.61. The average molecular weight is 392 g/mol. The first-order valence-corrected chi connectivity index (χ1v) is 10.2. The van der Waals surface area contributed by atoms with E-state index in [2.05, 4.69) is 11.6 Å². The van der Waals surface area contributed by atoms with Gasteiger partial charge in [0.1, 0.15) is 5.82 Å². The molecule has 3 rings (SSSR count). The molecule has 0 saturated carbocycles. The molecule has 27 heavy (non-hydrogen) atoms. The number of carboxylic acid groups (broad SMARTS) is 1. The average Bonchev–Trinajstić information content (AvgIpc) is 2.62. The predicted octanol–water partition coefficient (Wildman–Crippen LogP) is 3.56. The molecule has 2 N–H and O–H groups in total. The molecule has 1 heterocycles. The number of benzene rings is 2. The lowest BCUT2D eigenvalue weighted by molar-refractivity contribution is 0.0697. The molecule has 6 nitrogen and oxygen atoms in total. The third kappa shape index (κ3) is 4.39. The highest BCUT2D eigenvalue weighted by atomic mass is 32.2. The molecule has 1 aliphatic heterocycles. The molecule has 1 saturated heterocycles. The van der Waals surface area contributed by atoms with Crippen LogP contribution in [0.3, 0.4) is 0 Å². The number of halogens is 1. The number of carboxylic acids is 1. The largest absolute Gasteiger partial charge is 0.478 e. The summed E-state index contributed by atoms with van der Waals surface area (Å²) in [5, 5.41) is 9.57. The Morgan fingerprint density at radius 1 is 1.15 bits per heavy atom. The Morgan fingerprint density at radius 2 is 1.78 bits per heavy atom. The van der Waals surface area contributed by atoms with Crippen LogP contribution in [0.4, 0.5) is 15.8 Å². The number of hydrogen-bond donors (Lipinski definition) is 2. The van der Waals surface area contributed by atoms with Gasteiger partial charge in [-0.2, -0.15) is 0 Å². The standard InChI is InChI=1S/C19H21FN2O4S/c1-13-8-10-22(11-9-13)18-7-4-15(12-17(18)19(23)24)21-27(25,26)16-5-2-14(20)3-6-16/h2-7,12-13,21H,8-11H2,1H3,(H,23,24). The second-order valence-corrected chi connectivity index (χ2v) is 8.45. The quantitative estimate of drug-likeness (QED) is 0.812. The van der Waals surface area contributed by atoms with Crippen LogP contribution in [-0.4, -0.2) is 32.6 Å². The van der Waals surface area contributed by atoms with Gasteiger partial charge in [-0.15, -0.1) is 0 Å². The van der Waals surface area contributed by atoms with Crippen molar-refractivity contribution in [2.75, 3.05) is 22.7 Å². The van der Waals surface area contributed by atoms with Gasteiger partial charge in [0, 0.05) is 18.8 Å². The topological polar surface area (TPSA) is 86.7 Å². The van der Waals surface area contributed by atoms with Crippen LogP contribution in [-0.2, 0) is 10.0 Å². The number of nitrogens with one attached hydrogen (secondary N) is 1. The van der Waals surface area contributed by atoms with E-state index in [-0.39, 0.29) is 16.1 Å². The van der Waals surface area contributed by atoms with Crippen LogP contribution in [0.15, 0.2) is 47.4 Å². The van der Waals surface area contributed by atoms with Gasteiger partial charge in [-0.05, 0) is 61.2 Å². The smallest absolute Gasteiger partial charge is 0.337 e. The summed E-state index contributed by atoms with van der Waals surface area (Å²) < 4.78 is 40.2. The number of sulfonamides is 1. The summed E-state index contributed by atoms with van der Waals surface area (Å²) in [6, 6.07) is 8.90. The first kappa shape index (κ1) is 19.2. The zero-order chi connectivity index (χ0) is 19.6. The van der Waals surface area contributed by atoms with E-state index in [1.54, 1.807) is 12.1 Å². The monoisotopic (exact) mass is 392 g/mol. The van der Waals surface area contributed by atoms with Gasteiger partial charge < -0.3 is 10.0 Å². The lowest BCUT2D eigenvalue weighted by Crippen LogP contribution is -2.33. The van der Waals surface area contributed by atoms with Crippen LogP contribution < -0.4 is 9.62 Å². The SMILES string of the molecule is CC1CCN(c2ccc(NS(=O)(=O)c3ccc(F)cc3)cc2C(=O)O)CC1. The third-order valence-electron chi connectivity index (χ3n) is 4.73. The highest BCUT2D eigenvalue weighted by Crippen LogP contribution is 2.29. The fourth-order valence-corrected chi connectivity index (χ4v) is 4.17. The fraction of sp³-hybridized carbons (Fsp3) is 0.316. The summed E-state index contributed by atoms with van der Waals surface area (Å²) in [6.07, 6.45) is 1.97. The molecule has 0 aliphatic carbocycles. The van der Waals surface area contributed by atoms with Crippen LogP contribution in [0, 0.1) is 11.7 Å². The molecule has 1 fully saturated rings. The minimum absolute atomic E-state index is 0.0452. The van der Waals surface area contributed by atoms with Gasteiger partial charge in [0.25, 0.3) is 10.0 Å². The minimum atomic E-state index is -3.94. The lowest BCUT2D eigenvalue weighted by Gasteiger charge is -2.33. The second kappa shape index (κ2) is 7.56. The van der Waals surface area contributed by atoms with Crippen molar-refractivity contribution >= 4 is 27.4 Å². The minimum Gasteiger partial charge on any atom is -0.478 e. The van der Waals surface area contributed by atoms with Crippen molar-refractivity contribution in [2.24, 2.45) is 5.92 Å². The molecule has 144 valence electrons. The summed E-state index contributed by atoms with van der Waals surface area (Å²) >= 11 is 0. The molecule has 0 unspecified atom stereocenters. The summed E-state index contributed by atoms with van der Waals surface area (Å²) in [6.45, 7) is 3.70. The van der Waals surface area contributed by atoms with E-state index in [4.69, 9.17) is 0 Å². The zero-order valence-corrected chi connectivity index (χ0v) is 15.7. The summed E-state index contributed by atoms with van der Waals surface area (Å²) in [5.41, 5.74) is 0.772. The van der Waals surface area contributed by atoms with E-state index in [0.29, 0.717) is 11.6 Å². The highest BCUT2D eigenvalue weighted by Gasteiger charge is 2.22. The van der Waals surface area contributed by atoms with Crippen molar-refractivity contribution in [3.05, 3.63) is 53.8 Å². The van der Waals surface area contributed by atoms with Crippen molar-refractivity contribution in [1.29, 1.82) is 0 Å². The molecular weight excluding hydrogens is 371 g/mol. The lowest BCUT2D eigenvalue weighted by atomic mass is 9.98. The van der Waals surface area contributed by atoms with Crippen molar-refractivity contribution in [3.63, 3.8) is 0 Å². The van der Waals surface area contributed by atoms with E-state index in [0.717, 1.165) is 50.2 Å². The molecule has 2 aromatic rings. The van der Waals surface area contributed by atoms with Crippen LogP contribution >= 0.6 is 0 Å². The van der Waals surface area contributed by atoms with Crippen molar-refractivity contribution in [2.45, 2.75) is 24.7 Å². The number of hydrogen-bond acceptors (Lipinski definition) is 4. The number of nitrogens with zero attached hydrogens (tertiary/aromatic N) is 1. The van der Waals surface area contributed by atoms with Gasteiger partial charge in [0.2, 0.25) is 0 Å². The molecule has 0 spiro atoms. The summed E-state index contributed by atoms with van der Waals surface area (Å²) in [5.74, 6) is -1.05. The normalized spacial score (nSPS) is 15.6. The Bertz CT molecular complexity index is 937. The van der Waals surface area contributed by atoms with E-state index in [1.165, 1.54) is 6.07 Å². The number of anilines is 2. The number of rotatable bonds is 5. The van der Waals surface area contributed by atoms with E-state index >= 15 is 0 Å². The number of piperidine rings is 1. The Labute approximate surface area is 157 Å². The Kier molecular flexibility index (Phi) is 5.36. The molecule has 2 aromatic carbocycles. The van der Waals surface area contributed by atoms with E-state index < -0.39 is 21.8 Å². The van der Waals surface area contributed by atoms with Crippen LogP contribution in [0.25, 0.3) is 0 Å². The molecule has 0 aromatic heterocycles.